The van der Waals surface area contributed by atoms with E-state index in [1.54, 1.807) is 0 Å². The highest BCUT2D eigenvalue weighted by molar-refractivity contribution is 6.07. The second-order valence-electron chi connectivity index (χ2n) is 5.29. The fourth-order valence-corrected chi connectivity index (χ4v) is 3.26. The molecule has 1 aromatic carbocycles. The van der Waals surface area contributed by atoms with E-state index in [0.717, 1.165) is 11.8 Å². The predicted octanol–water partition coefficient (Wildman–Crippen LogP) is 2.85. The van der Waals surface area contributed by atoms with E-state index in [-0.39, 0.29) is 11.6 Å². The third-order valence-electron chi connectivity index (χ3n) is 4.27. The van der Waals surface area contributed by atoms with Crippen LogP contribution in [0.15, 0.2) is 42.0 Å². The molecule has 1 aromatic rings. The quantitative estimate of drug-likeness (QED) is 0.624. The van der Waals surface area contributed by atoms with Gasteiger partial charge in [0.05, 0.1) is 5.41 Å². The van der Waals surface area contributed by atoms with Gasteiger partial charge in [-0.05, 0) is 37.8 Å². The molecule has 0 saturated heterocycles. The molecule has 0 unspecified atom stereocenters. The number of hydrogen-bond donors (Lipinski definition) is 0. The Morgan fingerprint density at radius 3 is 2.25 bits per heavy atom. The summed E-state index contributed by atoms with van der Waals surface area (Å²) in [6.07, 6.45) is 3.66. The van der Waals surface area contributed by atoms with E-state index in [1.807, 2.05) is 36.4 Å². The Morgan fingerprint density at radius 1 is 1.15 bits per heavy atom. The topological polar surface area (TPSA) is 51.2 Å². The van der Waals surface area contributed by atoms with Crippen molar-refractivity contribution < 1.29 is 14.4 Å². The van der Waals surface area contributed by atoms with E-state index < -0.39 is 11.3 Å². The highest BCUT2D eigenvalue weighted by atomic mass is 16.2. The van der Waals surface area contributed by atoms with Gasteiger partial charge < -0.3 is 0 Å². The van der Waals surface area contributed by atoms with Gasteiger partial charge in [0.25, 0.3) is 0 Å². The molecule has 0 amide bonds. The van der Waals surface area contributed by atoms with E-state index in [9.17, 15) is 14.4 Å². The zero-order valence-electron chi connectivity index (χ0n) is 11.8. The number of allylic oxidation sites excluding steroid dienone is 2. The van der Waals surface area contributed by atoms with Gasteiger partial charge in [-0.15, -0.1) is 0 Å². The van der Waals surface area contributed by atoms with Crippen LogP contribution in [0.1, 0.15) is 38.2 Å². The molecule has 0 bridgehead atoms. The Bertz CT molecular complexity index is 555. The SMILES string of the molecule is CC(=O)C1(C(C)=O)CCC=C(C=O)[C@H]1c1ccccc1. The van der Waals surface area contributed by atoms with Crippen molar-refractivity contribution in [3.63, 3.8) is 0 Å². The summed E-state index contributed by atoms with van der Waals surface area (Å²) in [5.41, 5.74) is 0.274. The summed E-state index contributed by atoms with van der Waals surface area (Å²) >= 11 is 0. The lowest BCUT2D eigenvalue weighted by Gasteiger charge is -2.40. The minimum atomic E-state index is -1.10. The molecule has 104 valence electrons. The van der Waals surface area contributed by atoms with Crippen molar-refractivity contribution >= 4 is 17.9 Å². The standard InChI is InChI=1S/C17H18O3/c1-12(19)17(13(2)20)10-6-9-15(11-18)16(17)14-7-4-3-5-8-14/h3-5,7-9,11,16H,6,10H2,1-2H3/t16-/m1/s1. The summed E-state index contributed by atoms with van der Waals surface area (Å²) in [4.78, 5) is 35.9. The average Bonchev–Trinajstić information content (AvgIpc) is 2.46. The van der Waals surface area contributed by atoms with E-state index >= 15 is 0 Å². The molecule has 0 aromatic heterocycles. The average molecular weight is 270 g/mol. The fraction of sp³-hybridized carbons (Fsp3) is 0.353. The number of Topliss-reactive ketones (excluding diaryl/α,β-unsaturated/α-hetero) is 2. The molecule has 0 spiro atoms. The molecule has 0 fully saturated rings. The molecule has 0 saturated carbocycles. The van der Waals surface area contributed by atoms with E-state index in [4.69, 9.17) is 0 Å². The molecule has 0 N–H and O–H groups in total. The van der Waals surface area contributed by atoms with Gasteiger partial charge in [-0.1, -0.05) is 36.4 Å². The molecule has 3 nitrogen and oxygen atoms in total. The summed E-state index contributed by atoms with van der Waals surface area (Å²) in [5, 5.41) is 0. The van der Waals surface area contributed by atoms with Crippen molar-refractivity contribution in [2.75, 3.05) is 0 Å². The first kappa shape index (κ1) is 14.4. The summed E-state index contributed by atoms with van der Waals surface area (Å²) in [6, 6.07) is 9.33. The summed E-state index contributed by atoms with van der Waals surface area (Å²) in [7, 11) is 0. The number of carbonyl (C=O) groups is 3. The minimum Gasteiger partial charge on any atom is -0.299 e. The highest BCUT2D eigenvalue weighted by Gasteiger charge is 2.50. The van der Waals surface area contributed by atoms with E-state index in [0.29, 0.717) is 18.4 Å². The first-order valence-corrected chi connectivity index (χ1v) is 6.76. The van der Waals surface area contributed by atoms with Gasteiger partial charge in [-0.25, -0.2) is 0 Å². The Morgan fingerprint density at radius 2 is 1.75 bits per heavy atom. The third-order valence-corrected chi connectivity index (χ3v) is 4.27. The molecule has 1 atom stereocenters. The molecule has 1 aliphatic rings. The van der Waals surface area contributed by atoms with Crippen molar-refractivity contribution in [3.8, 4) is 0 Å². The first-order valence-electron chi connectivity index (χ1n) is 6.76. The van der Waals surface area contributed by atoms with Crippen LogP contribution in [-0.4, -0.2) is 17.9 Å². The Labute approximate surface area is 118 Å². The van der Waals surface area contributed by atoms with Crippen molar-refractivity contribution in [1.82, 2.24) is 0 Å². The van der Waals surface area contributed by atoms with E-state index in [2.05, 4.69) is 0 Å². The maximum Gasteiger partial charge on any atom is 0.146 e. The number of rotatable bonds is 4. The normalized spacial score (nSPS) is 20.9. The van der Waals surface area contributed by atoms with Crippen LogP contribution >= 0.6 is 0 Å². The number of carbonyl (C=O) groups excluding carboxylic acids is 3. The molecule has 0 aliphatic heterocycles. The number of hydrogen-bond acceptors (Lipinski definition) is 3. The lowest BCUT2D eigenvalue weighted by Crippen LogP contribution is -2.44. The fourth-order valence-electron chi connectivity index (χ4n) is 3.26. The van der Waals surface area contributed by atoms with Crippen molar-refractivity contribution in [3.05, 3.63) is 47.5 Å². The zero-order chi connectivity index (χ0) is 14.8. The monoisotopic (exact) mass is 270 g/mol. The van der Waals surface area contributed by atoms with Gasteiger partial charge in [-0.2, -0.15) is 0 Å². The lowest BCUT2D eigenvalue weighted by molar-refractivity contribution is -0.140. The van der Waals surface area contributed by atoms with Gasteiger partial charge in [-0.3, -0.25) is 14.4 Å². The molecule has 20 heavy (non-hydrogen) atoms. The number of benzene rings is 1. The van der Waals surface area contributed by atoms with Gasteiger partial charge in [0.2, 0.25) is 0 Å². The van der Waals surface area contributed by atoms with Crippen molar-refractivity contribution in [2.24, 2.45) is 5.41 Å². The summed E-state index contributed by atoms with van der Waals surface area (Å²) in [5.74, 6) is -0.789. The van der Waals surface area contributed by atoms with Gasteiger partial charge in [0, 0.05) is 5.92 Å². The smallest absolute Gasteiger partial charge is 0.146 e. The molecular formula is C17H18O3. The summed E-state index contributed by atoms with van der Waals surface area (Å²) < 4.78 is 0. The van der Waals surface area contributed by atoms with Crippen LogP contribution in [0.5, 0.6) is 0 Å². The maximum atomic E-state index is 12.2. The van der Waals surface area contributed by atoms with Crippen molar-refractivity contribution in [1.29, 1.82) is 0 Å². The van der Waals surface area contributed by atoms with Crippen LogP contribution in [0.2, 0.25) is 0 Å². The van der Waals surface area contributed by atoms with Gasteiger partial charge in [0.1, 0.15) is 17.9 Å². The Balaban J connectivity index is 2.67. The first-order chi connectivity index (χ1) is 9.54. The Hall–Kier alpha value is -2.03. The van der Waals surface area contributed by atoms with Gasteiger partial charge >= 0.3 is 0 Å². The molecular weight excluding hydrogens is 252 g/mol. The largest absolute Gasteiger partial charge is 0.299 e. The molecule has 1 aliphatic carbocycles. The third kappa shape index (κ3) is 2.13. The van der Waals surface area contributed by atoms with Crippen LogP contribution in [-0.2, 0) is 14.4 Å². The molecule has 0 radical (unpaired) electrons. The van der Waals surface area contributed by atoms with Crippen LogP contribution < -0.4 is 0 Å². The van der Waals surface area contributed by atoms with Crippen molar-refractivity contribution in [2.45, 2.75) is 32.6 Å². The number of ketones is 2. The molecule has 3 heteroatoms. The predicted molar refractivity (Wildman–Crippen MR) is 76.4 cm³/mol. The van der Waals surface area contributed by atoms with Gasteiger partial charge in [0.15, 0.2) is 0 Å². The maximum absolute atomic E-state index is 12.2. The second kappa shape index (κ2) is 5.53. The summed E-state index contributed by atoms with van der Waals surface area (Å²) in [6.45, 7) is 2.90. The molecule has 0 heterocycles. The highest BCUT2D eigenvalue weighted by Crippen LogP contribution is 2.48. The van der Waals surface area contributed by atoms with Crippen LogP contribution in [0, 0.1) is 5.41 Å². The number of aldehydes is 1. The molecule has 2 rings (SSSR count). The Kier molecular flexibility index (Phi) is 3.98. The zero-order valence-corrected chi connectivity index (χ0v) is 11.8. The van der Waals surface area contributed by atoms with Crippen LogP contribution in [0.3, 0.4) is 0 Å². The van der Waals surface area contributed by atoms with Crippen LogP contribution in [0.4, 0.5) is 0 Å². The van der Waals surface area contributed by atoms with E-state index in [1.165, 1.54) is 13.8 Å². The van der Waals surface area contributed by atoms with Crippen LogP contribution in [0.25, 0.3) is 0 Å². The minimum absolute atomic E-state index is 0.161. The second-order valence-corrected chi connectivity index (χ2v) is 5.29. The lowest BCUT2D eigenvalue weighted by atomic mass is 9.59.